The Bertz CT molecular complexity index is 1110. The Morgan fingerprint density at radius 1 is 1.18 bits per heavy atom. The Hall–Kier alpha value is -2.64. The molecule has 7 heteroatoms. The second-order valence-electron chi connectivity index (χ2n) is 7.00. The maximum atomic E-state index is 13.1. The zero-order valence-electron chi connectivity index (χ0n) is 15.9. The van der Waals surface area contributed by atoms with Gasteiger partial charge in [-0.25, -0.2) is 8.42 Å². The van der Waals surface area contributed by atoms with Crippen LogP contribution in [-0.4, -0.2) is 46.2 Å². The molecule has 4 rings (SSSR count). The van der Waals surface area contributed by atoms with Crippen molar-refractivity contribution in [2.45, 2.75) is 22.8 Å². The number of hydrogen-bond donors (Lipinski definition) is 1. The van der Waals surface area contributed by atoms with Crippen molar-refractivity contribution in [3.05, 3.63) is 54.7 Å². The van der Waals surface area contributed by atoms with E-state index in [0.29, 0.717) is 11.8 Å². The molecule has 0 amide bonds. The van der Waals surface area contributed by atoms with E-state index in [9.17, 15) is 8.42 Å². The van der Waals surface area contributed by atoms with Crippen LogP contribution in [0, 0.1) is 0 Å². The van der Waals surface area contributed by atoms with Crippen LogP contribution in [0.25, 0.3) is 10.9 Å². The minimum atomic E-state index is -3.73. The van der Waals surface area contributed by atoms with E-state index in [-0.39, 0.29) is 9.79 Å². The van der Waals surface area contributed by atoms with Crippen LogP contribution in [0.15, 0.2) is 64.5 Å². The first-order chi connectivity index (χ1) is 13.5. The predicted octanol–water partition coefficient (Wildman–Crippen LogP) is 2.87. The lowest BCUT2D eigenvalue weighted by molar-refractivity contribution is 0.402. The van der Waals surface area contributed by atoms with Gasteiger partial charge in [0.2, 0.25) is 9.84 Å². The number of rotatable bonds is 4. The number of pyridine rings is 1. The number of nitrogens with one attached hydrogen (secondary N) is 1. The van der Waals surface area contributed by atoms with Crippen molar-refractivity contribution >= 4 is 26.4 Å². The van der Waals surface area contributed by atoms with Gasteiger partial charge in [-0.05, 0) is 43.3 Å². The van der Waals surface area contributed by atoms with Crippen molar-refractivity contribution in [2.24, 2.45) is 0 Å². The first kappa shape index (κ1) is 18.7. The minimum Gasteiger partial charge on any atom is -0.495 e. The number of para-hydroxylation sites is 1. The van der Waals surface area contributed by atoms with Gasteiger partial charge in [-0.1, -0.05) is 12.1 Å². The summed E-state index contributed by atoms with van der Waals surface area (Å²) in [5.41, 5.74) is 1.85. The number of piperazine rings is 1. The van der Waals surface area contributed by atoms with Gasteiger partial charge in [0.05, 0.1) is 17.5 Å². The maximum absolute atomic E-state index is 13.1. The number of anilines is 1. The summed E-state index contributed by atoms with van der Waals surface area (Å²) in [5.74, 6) is 0.325. The average molecular weight is 398 g/mol. The average Bonchev–Trinajstić information content (AvgIpc) is 2.73. The molecule has 28 heavy (non-hydrogen) atoms. The second-order valence-corrected chi connectivity index (χ2v) is 8.92. The molecule has 1 fully saturated rings. The molecule has 0 unspecified atom stereocenters. The monoisotopic (exact) mass is 397 g/mol. The second kappa shape index (κ2) is 7.41. The van der Waals surface area contributed by atoms with Crippen LogP contribution in [0.2, 0.25) is 0 Å². The summed E-state index contributed by atoms with van der Waals surface area (Å²) in [6.07, 6.45) is 1.41. The lowest BCUT2D eigenvalue weighted by Crippen LogP contribution is -2.49. The zero-order valence-corrected chi connectivity index (χ0v) is 16.7. The van der Waals surface area contributed by atoms with Crippen molar-refractivity contribution in [3.63, 3.8) is 0 Å². The quantitative estimate of drug-likeness (QED) is 0.730. The van der Waals surface area contributed by atoms with Gasteiger partial charge < -0.3 is 15.0 Å². The van der Waals surface area contributed by atoms with Gasteiger partial charge >= 0.3 is 0 Å². The van der Waals surface area contributed by atoms with Crippen molar-refractivity contribution < 1.29 is 13.2 Å². The maximum Gasteiger partial charge on any atom is 0.211 e. The third-order valence-electron chi connectivity index (χ3n) is 5.04. The summed E-state index contributed by atoms with van der Waals surface area (Å²) in [6, 6.07) is 14.7. The largest absolute Gasteiger partial charge is 0.495 e. The number of benzene rings is 2. The molecular formula is C21H23N3O3S. The Morgan fingerprint density at radius 3 is 2.79 bits per heavy atom. The molecule has 2 aromatic carbocycles. The summed E-state index contributed by atoms with van der Waals surface area (Å²) in [6.45, 7) is 4.92. The number of hydrogen-bond acceptors (Lipinski definition) is 6. The fourth-order valence-corrected chi connectivity index (χ4v) is 4.98. The summed E-state index contributed by atoms with van der Waals surface area (Å²) in [5, 5.41) is 4.24. The molecule has 1 N–H and O–H groups in total. The fraction of sp³-hybridized carbons (Fsp3) is 0.286. The molecule has 1 saturated heterocycles. The van der Waals surface area contributed by atoms with E-state index in [4.69, 9.17) is 4.74 Å². The first-order valence-electron chi connectivity index (χ1n) is 9.25. The van der Waals surface area contributed by atoms with Gasteiger partial charge in [-0.2, -0.15) is 0 Å². The van der Waals surface area contributed by atoms with Gasteiger partial charge in [0.15, 0.2) is 0 Å². The van der Waals surface area contributed by atoms with Crippen LogP contribution in [0.5, 0.6) is 5.75 Å². The lowest BCUT2D eigenvalue weighted by atomic mass is 10.1. The van der Waals surface area contributed by atoms with Crippen molar-refractivity contribution in [2.75, 3.05) is 31.6 Å². The molecule has 1 aromatic heterocycles. The highest BCUT2D eigenvalue weighted by atomic mass is 32.2. The van der Waals surface area contributed by atoms with E-state index >= 15 is 0 Å². The van der Waals surface area contributed by atoms with Gasteiger partial charge in [0.1, 0.15) is 10.6 Å². The summed E-state index contributed by atoms with van der Waals surface area (Å²) in [4.78, 5) is 6.99. The van der Waals surface area contributed by atoms with Gasteiger partial charge in [-0.15, -0.1) is 0 Å². The molecular weight excluding hydrogens is 374 g/mol. The minimum absolute atomic E-state index is 0.144. The van der Waals surface area contributed by atoms with Crippen LogP contribution in [-0.2, 0) is 9.84 Å². The zero-order chi connectivity index (χ0) is 19.7. The van der Waals surface area contributed by atoms with Crippen LogP contribution >= 0.6 is 0 Å². The Labute approximate surface area is 165 Å². The number of aromatic nitrogens is 1. The van der Waals surface area contributed by atoms with Crippen molar-refractivity contribution in [1.82, 2.24) is 10.3 Å². The Kier molecular flexibility index (Phi) is 4.95. The van der Waals surface area contributed by atoms with Gasteiger partial charge in [0, 0.05) is 42.9 Å². The Morgan fingerprint density at radius 2 is 2.00 bits per heavy atom. The van der Waals surface area contributed by atoms with E-state index < -0.39 is 9.84 Å². The van der Waals surface area contributed by atoms with Crippen LogP contribution in [0.1, 0.15) is 6.92 Å². The molecule has 0 aliphatic carbocycles. The predicted molar refractivity (Wildman–Crippen MR) is 110 cm³/mol. The molecule has 0 saturated carbocycles. The highest BCUT2D eigenvalue weighted by Crippen LogP contribution is 2.31. The van der Waals surface area contributed by atoms with Crippen LogP contribution < -0.4 is 15.0 Å². The molecule has 0 spiro atoms. The fourth-order valence-electron chi connectivity index (χ4n) is 3.58. The SMILES string of the molecule is COc1ccccc1S(=O)(=O)c1cnc2ccc(N3CCN[C@@H](C)C3)cc2c1. The van der Waals surface area contributed by atoms with E-state index in [1.165, 1.54) is 13.3 Å². The molecule has 1 aliphatic rings. The third-order valence-corrected chi connectivity index (χ3v) is 6.80. The number of sulfone groups is 1. The molecule has 6 nitrogen and oxygen atoms in total. The number of fused-ring (bicyclic) bond motifs is 1. The first-order valence-corrected chi connectivity index (χ1v) is 10.7. The van der Waals surface area contributed by atoms with E-state index in [2.05, 4.69) is 22.1 Å². The highest BCUT2D eigenvalue weighted by Gasteiger charge is 2.23. The summed E-state index contributed by atoms with van der Waals surface area (Å²) in [7, 11) is -2.26. The van der Waals surface area contributed by atoms with E-state index in [0.717, 1.165) is 36.2 Å². The van der Waals surface area contributed by atoms with Crippen LogP contribution in [0.4, 0.5) is 5.69 Å². The third kappa shape index (κ3) is 3.43. The number of nitrogens with zero attached hydrogens (tertiary/aromatic N) is 2. The highest BCUT2D eigenvalue weighted by molar-refractivity contribution is 7.91. The number of ether oxygens (including phenoxy) is 1. The Balaban J connectivity index is 1.76. The molecule has 1 atom stereocenters. The standard InChI is InChI=1S/C21H23N3O3S/c1-15-14-24(10-9-22-15)17-7-8-19-16(11-17)12-18(13-23-19)28(25,26)21-6-4-3-5-20(21)27-2/h3-8,11-13,15,22H,9-10,14H2,1-2H3/t15-/m0/s1. The molecule has 0 bridgehead atoms. The molecule has 3 aromatic rings. The van der Waals surface area contributed by atoms with Crippen LogP contribution in [0.3, 0.4) is 0 Å². The normalized spacial score (nSPS) is 17.6. The summed E-state index contributed by atoms with van der Waals surface area (Å²) >= 11 is 0. The smallest absolute Gasteiger partial charge is 0.211 e. The van der Waals surface area contributed by atoms with Crippen molar-refractivity contribution in [3.8, 4) is 5.75 Å². The lowest BCUT2D eigenvalue weighted by Gasteiger charge is -2.33. The summed E-state index contributed by atoms with van der Waals surface area (Å²) < 4.78 is 31.5. The molecule has 2 heterocycles. The van der Waals surface area contributed by atoms with E-state index in [1.54, 1.807) is 30.3 Å². The van der Waals surface area contributed by atoms with E-state index in [1.807, 2.05) is 18.2 Å². The van der Waals surface area contributed by atoms with Gasteiger partial charge in [-0.3, -0.25) is 4.98 Å². The molecule has 1 aliphatic heterocycles. The van der Waals surface area contributed by atoms with Gasteiger partial charge in [0.25, 0.3) is 0 Å². The number of methoxy groups -OCH3 is 1. The molecule has 146 valence electrons. The molecule has 0 radical (unpaired) electrons. The topological polar surface area (TPSA) is 71.5 Å². The van der Waals surface area contributed by atoms with Crippen molar-refractivity contribution in [1.29, 1.82) is 0 Å².